The minimum atomic E-state index is 0.138. The van der Waals surface area contributed by atoms with Crippen molar-refractivity contribution in [1.29, 1.82) is 0 Å². The third-order valence-corrected chi connectivity index (χ3v) is 2.71. The third kappa shape index (κ3) is 4.67. The van der Waals surface area contributed by atoms with Crippen LogP contribution in [0.4, 0.5) is 0 Å². The van der Waals surface area contributed by atoms with Crippen LogP contribution >= 0.6 is 0 Å². The van der Waals surface area contributed by atoms with Gasteiger partial charge in [0.1, 0.15) is 12.4 Å². The molecule has 0 radical (unpaired) electrons. The zero-order valence-electron chi connectivity index (χ0n) is 10.4. The Kier molecular flexibility index (Phi) is 5.94. The first-order valence-corrected chi connectivity index (χ1v) is 6.23. The molecule has 0 aromatic heterocycles. The van der Waals surface area contributed by atoms with E-state index in [-0.39, 0.29) is 6.04 Å². The predicted octanol–water partition coefficient (Wildman–Crippen LogP) is 3.15. The number of aryl methyl sites for hydroxylation is 1. The number of hydrogen-bond donors (Lipinski definition) is 1. The van der Waals surface area contributed by atoms with Crippen molar-refractivity contribution in [1.82, 2.24) is 0 Å². The topological polar surface area (TPSA) is 35.2 Å². The number of ether oxygens (including phenoxy) is 1. The number of nitrogens with two attached hydrogens (primary N) is 1. The van der Waals surface area contributed by atoms with Crippen molar-refractivity contribution < 1.29 is 4.74 Å². The molecule has 0 aliphatic rings. The lowest BCUT2D eigenvalue weighted by Crippen LogP contribution is -2.26. The van der Waals surface area contributed by atoms with Crippen molar-refractivity contribution in [2.24, 2.45) is 5.73 Å². The molecule has 0 amide bonds. The Morgan fingerprint density at radius 1 is 1.31 bits per heavy atom. The van der Waals surface area contributed by atoms with Crippen LogP contribution in [0.15, 0.2) is 24.3 Å². The van der Waals surface area contributed by atoms with Gasteiger partial charge in [-0.15, -0.1) is 0 Å². The van der Waals surface area contributed by atoms with E-state index in [1.807, 2.05) is 6.07 Å². The SMILES string of the molecule is CCCCc1cccc(OCC(N)CC)c1. The molecule has 0 spiro atoms. The molecular weight excluding hydrogens is 198 g/mol. The van der Waals surface area contributed by atoms with E-state index in [9.17, 15) is 0 Å². The van der Waals surface area contributed by atoms with E-state index < -0.39 is 0 Å². The molecule has 2 heteroatoms. The maximum Gasteiger partial charge on any atom is 0.119 e. The molecule has 0 heterocycles. The quantitative estimate of drug-likeness (QED) is 0.767. The minimum absolute atomic E-state index is 0.138. The monoisotopic (exact) mass is 221 g/mol. The summed E-state index contributed by atoms with van der Waals surface area (Å²) < 4.78 is 5.65. The second kappa shape index (κ2) is 7.29. The highest BCUT2D eigenvalue weighted by Gasteiger charge is 2.01. The summed E-state index contributed by atoms with van der Waals surface area (Å²) in [6.45, 7) is 4.89. The molecular formula is C14H23NO. The molecule has 0 saturated carbocycles. The fourth-order valence-electron chi connectivity index (χ4n) is 1.49. The van der Waals surface area contributed by atoms with Gasteiger partial charge in [0.25, 0.3) is 0 Å². The molecule has 0 bridgehead atoms. The van der Waals surface area contributed by atoms with Crippen LogP contribution in [0.2, 0.25) is 0 Å². The molecule has 2 N–H and O–H groups in total. The Morgan fingerprint density at radius 3 is 2.81 bits per heavy atom. The van der Waals surface area contributed by atoms with Crippen molar-refractivity contribution in [3.05, 3.63) is 29.8 Å². The van der Waals surface area contributed by atoms with E-state index in [1.54, 1.807) is 0 Å². The lowest BCUT2D eigenvalue weighted by molar-refractivity contribution is 0.285. The van der Waals surface area contributed by atoms with E-state index in [1.165, 1.54) is 18.4 Å². The Morgan fingerprint density at radius 2 is 2.12 bits per heavy atom. The lowest BCUT2D eigenvalue weighted by Gasteiger charge is -2.11. The van der Waals surface area contributed by atoms with Gasteiger partial charge in [-0.3, -0.25) is 0 Å². The molecule has 1 rings (SSSR count). The summed E-state index contributed by atoms with van der Waals surface area (Å²) in [5, 5.41) is 0. The highest BCUT2D eigenvalue weighted by molar-refractivity contribution is 5.28. The Bertz CT molecular complexity index is 299. The summed E-state index contributed by atoms with van der Waals surface area (Å²) in [5.74, 6) is 0.942. The van der Waals surface area contributed by atoms with Gasteiger partial charge < -0.3 is 10.5 Å². The van der Waals surface area contributed by atoms with Gasteiger partial charge in [-0.05, 0) is 37.0 Å². The van der Waals surface area contributed by atoms with E-state index >= 15 is 0 Å². The second-order valence-electron chi connectivity index (χ2n) is 4.23. The number of unbranched alkanes of at least 4 members (excludes halogenated alkanes) is 1. The van der Waals surface area contributed by atoms with E-state index in [0.29, 0.717) is 6.61 Å². The summed E-state index contributed by atoms with van der Waals surface area (Å²) in [5.41, 5.74) is 7.17. The zero-order chi connectivity index (χ0) is 11.8. The molecule has 0 aliphatic heterocycles. The highest BCUT2D eigenvalue weighted by atomic mass is 16.5. The third-order valence-electron chi connectivity index (χ3n) is 2.71. The van der Waals surface area contributed by atoms with Gasteiger partial charge in [-0.2, -0.15) is 0 Å². The van der Waals surface area contributed by atoms with Crippen LogP contribution in [0.1, 0.15) is 38.7 Å². The molecule has 1 aromatic carbocycles. The number of benzene rings is 1. The standard InChI is InChI=1S/C14H23NO/c1-3-5-7-12-8-6-9-14(10-12)16-11-13(15)4-2/h6,8-10,13H,3-5,7,11,15H2,1-2H3. The van der Waals surface area contributed by atoms with Gasteiger partial charge >= 0.3 is 0 Å². The second-order valence-corrected chi connectivity index (χ2v) is 4.23. The fraction of sp³-hybridized carbons (Fsp3) is 0.571. The summed E-state index contributed by atoms with van der Waals surface area (Å²) >= 11 is 0. The van der Waals surface area contributed by atoms with Gasteiger partial charge in [0.05, 0.1) is 0 Å². The van der Waals surface area contributed by atoms with Gasteiger partial charge in [0, 0.05) is 6.04 Å². The van der Waals surface area contributed by atoms with Crippen molar-refractivity contribution in [2.75, 3.05) is 6.61 Å². The van der Waals surface area contributed by atoms with Crippen LogP contribution in [0, 0.1) is 0 Å². The number of hydrogen-bond acceptors (Lipinski definition) is 2. The van der Waals surface area contributed by atoms with Gasteiger partial charge in [-0.25, -0.2) is 0 Å². The minimum Gasteiger partial charge on any atom is -0.492 e. The summed E-state index contributed by atoms with van der Waals surface area (Å²) in [7, 11) is 0. The zero-order valence-corrected chi connectivity index (χ0v) is 10.4. The van der Waals surface area contributed by atoms with Crippen LogP contribution in [0.25, 0.3) is 0 Å². The Labute approximate surface area is 98.8 Å². The molecule has 1 atom stereocenters. The normalized spacial score (nSPS) is 12.4. The van der Waals surface area contributed by atoms with Gasteiger partial charge in [0.2, 0.25) is 0 Å². The summed E-state index contributed by atoms with van der Waals surface area (Å²) in [6, 6.07) is 8.47. The van der Waals surface area contributed by atoms with Crippen molar-refractivity contribution >= 4 is 0 Å². The largest absolute Gasteiger partial charge is 0.492 e. The predicted molar refractivity (Wildman–Crippen MR) is 68.8 cm³/mol. The van der Waals surface area contributed by atoms with E-state index in [4.69, 9.17) is 10.5 Å². The fourth-order valence-corrected chi connectivity index (χ4v) is 1.49. The Balaban J connectivity index is 2.46. The molecule has 1 unspecified atom stereocenters. The smallest absolute Gasteiger partial charge is 0.119 e. The van der Waals surface area contributed by atoms with Crippen molar-refractivity contribution in [3.63, 3.8) is 0 Å². The summed E-state index contributed by atoms with van der Waals surface area (Å²) in [4.78, 5) is 0. The average Bonchev–Trinajstić information content (AvgIpc) is 2.34. The highest BCUT2D eigenvalue weighted by Crippen LogP contribution is 2.15. The van der Waals surface area contributed by atoms with Crippen LogP contribution in [-0.2, 0) is 6.42 Å². The Hall–Kier alpha value is -1.02. The first-order chi connectivity index (χ1) is 7.76. The molecule has 2 nitrogen and oxygen atoms in total. The van der Waals surface area contributed by atoms with Crippen LogP contribution < -0.4 is 10.5 Å². The molecule has 0 fully saturated rings. The maximum absolute atomic E-state index is 5.81. The van der Waals surface area contributed by atoms with Crippen LogP contribution in [-0.4, -0.2) is 12.6 Å². The van der Waals surface area contributed by atoms with Crippen molar-refractivity contribution in [2.45, 2.75) is 45.6 Å². The van der Waals surface area contributed by atoms with Gasteiger partial charge in [0.15, 0.2) is 0 Å². The van der Waals surface area contributed by atoms with Crippen LogP contribution in [0.3, 0.4) is 0 Å². The number of rotatable bonds is 7. The van der Waals surface area contributed by atoms with Crippen molar-refractivity contribution in [3.8, 4) is 5.75 Å². The first-order valence-electron chi connectivity index (χ1n) is 6.23. The molecule has 16 heavy (non-hydrogen) atoms. The van der Waals surface area contributed by atoms with E-state index in [0.717, 1.165) is 18.6 Å². The first kappa shape index (κ1) is 13.0. The van der Waals surface area contributed by atoms with E-state index in [2.05, 4.69) is 32.0 Å². The molecule has 90 valence electrons. The molecule has 1 aromatic rings. The summed E-state index contributed by atoms with van der Waals surface area (Å²) in [6.07, 6.45) is 4.55. The maximum atomic E-state index is 5.81. The molecule has 0 aliphatic carbocycles. The lowest BCUT2D eigenvalue weighted by atomic mass is 10.1. The van der Waals surface area contributed by atoms with Crippen LogP contribution in [0.5, 0.6) is 5.75 Å². The average molecular weight is 221 g/mol. The van der Waals surface area contributed by atoms with Gasteiger partial charge in [-0.1, -0.05) is 32.4 Å². The molecule has 0 saturated heterocycles.